The van der Waals surface area contributed by atoms with Crippen LogP contribution in [0, 0.1) is 0 Å². The van der Waals surface area contributed by atoms with E-state index in [1.54, 1.807) is 31.4 Å². The van der Waals surface area contributed by atoms with Crippen LogP contribution in [-0.4, -0.2) is 56.8 Å². The number of nitrogens with zero attached hydrogens (tertiary/aromatic N) is 3. The number of rotatable bonds is 10. The van der Waals surface area contributed by atoms with Crippen molar-refractivity contribution in [3.63, 3.8) is 0 Å². The molecular weight excluding hydrogens is 420 g/mol. The van der Waals surface area contributed by atoms with Crippen LogP contribution in [0.3, 0.4) is 0 Å². The number of aromatic nitrogens is 4. The number of methoxy groups -OCH3 is 1. The summed E-state index contributed by atoms with van der Waals surface area (Å²) in [4.78, 5) is 45.4. The first-order valence-electron chi connectivity index (χ1n) is 9.51. The van der Waals surface area contributed by atoms with Crippen LogP contribution in [0.1, 0.15) is 11.1 Å². The van der Waals surface area contributed by atoms with Gasteiger partial charge in [0.2, 0.25) is 5.91 Å². The first kappa shape index (κ1) is 22.5. The predicted octanol–water partition coefficient (Wildman–Crippen LogP) is 0.0323. The summed E-state index contributed by atoms with van der Waals surface area (Å²) in [7, 11) is 1.54. The van der Waals surface area contributed by atoms with Crippen molar-refractivity contribution in [2.75, 3.05) is 26.1 Å². The molecule has 12 nitrogen and oxygen atoms in total. The normalized spacial score (nSPS) is 11.2. The van der Waals surface area contributed by atoms with Gasteiger partial charge in [-0.05, 0) is 11.1 Å². The van der Waals surface area contributed by atoms with Crippen LogP contribution in [-0.2, 0) is 27.4 Å². The Balaban J connectivity index is 1.73. The Morgan fingerprint density at radius 2 is 1.91 bits per heavy atom. The number of carboxylic acid groups (broad SMARTS) is 1. The summed E-state index contributed by atoms with van der Waals surface area (Å²) in [5.74, 6) is -1.61. The fourth-order valence-electron chi connectivity index (χ4n) is 2.80. The molecule has 0 aliphatic heterocycles. The zero-order valence-corrected chi connectivity index (χ0v) is 17.2. The number of fused-ring (bicyclic) bond motifs is 1. The molecule has 0 saturated carbocycles. The van der Waals surface area contributed by atoms with Gasteiger partial charge in [0.25, 0.3) is 0 Å². The Labute approximate surface area is 181 Å². The largest absolute Gasteiger partial charge is 0.478 e. The Hall–Kier alpha value is -4.19. The Morgan fingerprint density at radius 1 is 1.19 bits per heavy atom. The molecule has 1 aromatic carbocycles. The molecule has 0 unspecified atom stereocenters. The van der Waals surface area contributed by atoms with E-state index in [1.807, 2.05) is 0 Å². The van der Waals surface area contributed by atoms with Gasteiger partial charge < -0.3 is 30.6 Å². The van der Waals surface area contributed by atoms with Crippen molar-refractivity contribution in [2.24, 2.45) is 0 Å². The number of carbonyl (C=O) groups excluding carboxylic acids is 1. The quantitative estimate of drug-likeness (QED) is 0.249. The molecule has 3 rings (SSSR count). The fraction of sp³-hybridized carbons (Fsp3) is 0.250. The van der Waals surface area contributed by atoms with Gasteiger partial charge in [0, 0.05) is 25.8 Å². The molecule has 0 aliphatic rings. The molecule has 0 spiro atoms. The summed E-state index contributed by atoms with van der Waals surface area (Å²) in [6.45, 7) is 1.03. The van der Waals surface area contributed by atoms with Gasteiger partial charge in [-0.25, -0.2) is 9.59 Å². The van der Waals surface area contributed by atoms with E-state index in [0.29, 0.717) is 17.8 Å². The lowest BCUT2D eigenvalue weighted by Gasteiger charge is -2.08. The lowest BCUT2D eigenvalue weighted by molar-refractivity contribution is -0.131. The third-order valence-corrected chi connectivity index (χ3v) is 4.36. The van der Waals surface area contributed by atoms with Crippen molar-refractivity contribution >= 4 is 28.9 Å². The van der Waals surface area contributed by atoms with Crippen LogP contribution in [0.2, 0.25) is 0 Å². The number of H-pyrrole nitrogens is 1. The summed E-state index contributed by atoms with van der Waals surface area (Å²) in [6.07, 6.45) is 1.71. The van der Waals surface area contributed by atoms with Crippen molar-refractivity contribution in [3.8, 4) is 6.01 Å². The van der Waals surface area contributed by atoms with Gasteiger partial charge in [-0.1, -0.05) is 24.3 Å². The van der Waals surface area contributed by atoms with E-state index in [1.165, 1.54) is 4.57 Å². The summed E-state index contributed by atoms with van der Waals surface area (Å²) in [5, 5.41) is 11.1. The number of aliphatic carboxylic acids is 1. The highest BCUT2D eigenvalue weighted by Crippen LogP contribution is 2.18. The van der Waals surface area contributed by atoms with Gasteiger partial charge in [0.1, 0.15) is 12.1 Å². The van der Waals surface area contributed by atoms with Gasteiger partial charge in [-0.2, -0.15) is 9.97 Å². The van der Waals surface area contributed by atoms with E-state index in [0.717, 1.165) is 23.3 Å². The maximum atomic E-state index is 12.4. The second-order valence-corrected chi connectivity index (χ2v) is 6.65. The van der Waals surface area contributed by atoms with Crippen molar-refractivity contribution in [2.45, 2.75) is 13.1 Å². The number of imidazole rings is 1. The van der Waals surface area contributed by atoms with Crippen LogP contribution < -0.4 is 21.5 Å². The highest BCUT2D eigenvalue weighted by molar-refractivity contribution is 5.93. The lowest BCUT2D eigenvalue weighted by Crippen LogP contribution is -2.20. The number of hydrogen-bond donors (Lipinski definition) is 4. The van der Waals surface area contributed by atoms with Crippen LogP contribution in [0.4, 0.5) is 5.82 Å². The molecule has 2 heterocycles. The number of carboxylic acids is 1. The van der Waals surface area contributed by atoms with Crippen molar-refractivity contribution in [3.05, 3.63) is 58.0 Å². The zero-order valence-electron chi connectivity index (χ0n) is 17.2. The number of nitrogens with one attached hydrogen (secondary N) is 2. The maximum Gasteiger partial charge on any atom is 0.328 e. The summed E-state index contributed by atoms with van der Waals surface area (Å²) < 4.78 is 11.8. The van der Waals surface area contributed by atoms with E-state index in [-0.39, 0.29) is 31.5 Å². The van der Waals surface area contributed by atoms with Gasteiger partial charge >= 0.3 is 17.7 Å². The van der Waals surface area contributed by atoms with Crippen molar-refractivity contribution < 1.29 is 24.2 Å². The molecule has 0 bridgehead atoms. The second kappa shape index (κ2) is 10.2. The molecule has 0 radical (unpaired) electrons. The monoisotopic (exact) mass is 442 g/mol. The van der Waals surface area contributed by atoms with E-state index in [9.17, 15) is 14.4 Å². The summed E-state index contributed by atoms with van der Waals surface area (Å²) >= 11 is 0. The first-order valence-corrected chi connectivity index (χ1v) is 9.51. The van der Waals surface area contributed by atoms with E-state index in [4.69, 9.17) is 20.3 Å². The number of amides is 1. The molecule has 5 N–H and O–H groups in total. The Morgan fingerprint density at radius 3 is 2.59 bits per heavy atom. The molecule has 0 atom stereocenters. The average molecular weight is 442 g/mol. The number of aromatic amines is 1. The molecule has 2 aromatic heterocycles. The van der Waals surface area contributed by atoms with E-state index in [2.05, 4.69) is 20.3 Å². The highest BCUT2D eigenvalue weighted by atomic mass is 16.5. The summed E-state index contributed by atoms with van der Waals surface area (Å²) in [5.41, 5.74) is 7.80. The topological polar surface area (TPSA) is 174 Å². The van der Waals surface area contributed by atoms with Crippen LogP contribution in [0.5, 0.6) is 6.01 Å². The molecular formula is C20H22N6O6. The molecule has 0 fully saturated rings. The molecule has 32 heavy (non-hydrogen) atoms. The number of nitrogens with two attached hydrogens (primary N) is 1. The Bertz CT molecular complexity index is 1200. The van der Waals surface area contributed by atoms with Crippen LogP contribution in [0.15, 0.2) is 41.2 Å². The minimum atomic E-state index is -1.20. The van der Waals surface area contributed by atoms with Gasteiger partial charge in [0.15, 0.2) is 11.5 Å². The second-order valence-electron chi connectivity index (χ2n) is 6.65. The summed E-state index contributed by atoms with van der Waals surface area (Å²) in [6, 6.07) is 7.24. The minimum Gasteiger partial charge on any atom is -0.478 e. The van der Waals surface area contributed by atoms with E-state index < -0.39 is 17.6 Å². The number of carbonyl (C=O) groups is 2. The molecule has 168 valence electrons. The number of ether oxygens (including phenoxy) is 2. The van der Waals surface area contributed by atoms with Gasteiger partial charge in [-0.15, -0.1) is 0 Å². The number of nitrogen functional groups attached to an aromatic ring is 1. The van der Waals surface area contributed by atoms with Gasteiger partial charge in [-0.3, -0.25) is 9.36 Å². The standard InChI is InChI=1S/C20H22N6O6/c1-31-8-9-32-19-24-17(21)16-18(25-19)26(20(30)23-16)11-13-4-2-12(3-5-13)10-22-14(27)6-7-15(28)29/h2-7H,8-11H2,1H3,(H,22,27)(H,23,30)(H,28,29)(H2,21,24,25)/b7-6+. The average Bonchev–Trinajstić information content (AvgIpc) is 3.08. The molecule has 1 amide bonds. The van der Waals surface area contributed by atoms with Gasteiger partial charge in [0.05, 0.1) is 13.2 Å². The lowest BCUT2D eigenvalue weighted by atomic mass is 10.1. The molecule has 12 heteroatoms. The molecule has 3 aromatic rings. The van der Waals surface area contributed by atoms with E-state index >= 15 is 0 Å². The highest BCUT2D eigenvalue weighted by Gasteiger charge is 2.15. The predicted molar refractivity (Wildman–Crippen MR) is 114 cm³/mol. The Kier molecular flexibility index (Phi) is 7.18. The number of anilines is 1. The number of hydrogen-bond acceptors (Lipinski definition) is 8. The fourth-order valence-corrected chi connectivity index (χ4v) is 2.80. The van der Waals surface area contributed by atoms with Crippen molar-refractivity contribution in [1.29, 1.82) is 0 Å². The molecule has 0 saturated heterocycles. The third-order valence-electron chi connectivity index (χ3n) is 4.36. The van der Waals surface area contributed by atoms with Crippen LogP contribution >= 0.6 is 0 Å². The van der Waals surface area contributed by atoms with Crippen molar-refractivity contribution in [1.82, 2.24) is 24.8 Å². The SMILES string of the molecule is COCCOc1nc(N)c2[nH]c(=O)n(Cc3ccc(CNC(=O)/C=C/C(=O)O)cc3)c2n1. The smallest absolute Gasteiger partial charge is 0.328 e. The third kappa shape index (κ3) is 5.70. The minimum absolute atomic E-state index is 0.0443. The molecule has 0 aliphatic carbocycles. The van der Waals surface area contributed by atoms with Crippen LogP contribution in [0.25, 0.3) is 11.2 Å². The first-order chi connectivity index (χ1) is 15.4. The maximum absolute atomic E-state index is 12.4. The number of benzene rings is 1. The zero-order chi connectivity index (χ0) is 23.1.